The molecule has 2 aromatic rings. The molecule has 0 amide bonds. The van der Waals surface area contributed by atoms with Crippen LogP contribution >= 0.6 is 0 Å². The molecule has 1 fully saturated rings. The number of hydrogen-bond acceptors (Lipinski definition) is 3. The van der Waals surface area contributed by atoms with Gasteiger partial charge in [-0.25, -0.2) is 4.98 Å². The second-order valence-electron chi connectivity index (χ2n) is 4.44. The summed E-state index contributed by atoms with van der Waals surface area (Å²) >= 11 is 0. The first kappa shape index (κ1) is 9.70. The van der Waals surface area contributed by atoms with Gasteiger partial charge < -0.3 is 9.73 Å². The minimum Gasteiger partial charge on any atom is -0.440 e. The maximum atomic E-state index is 5.71. The molecule has 1 aliphatic rings. The molecule has 0 atom stereocenters. The fourth-order valence-electron chi connectivity index (χ4n) is 1.83. The summed E-state index contributed by atoms with van der Waals surface area (Å²) in [6.45, 7) is 3.16. The third-order valence-electron chi connectivity index (χ3n) is 2.91. The zero-order valence-electron chi connectivity index (χ0n) is 9.49. The van der Waals surface area contributed by atoms with E-state index in [9.17, 15) is 0 Å². The van der Waals surface area contributed by atoms with Gasteiger partial charge in [0.1, 0.15) is 5.52 Å². The molecular weight excluding hydrogens is 200 g/mol. The number of hydrogen-bond donors (Lipinski definition) is 1. The van der Waals surface area contributed by atoms with Crippen LogP contribution in [-0.2, 0) is 0 Å². The van der Waals surface area contributed by atoms with Crippen LogP contribution in [0.1, 0.15) is 38.0 Å². The Morgan fingerprint density at radius 3 is 3.06 bits per heavy atom. The highest BCUT2D eigenvalue weighted by Gasteiger charge is 2.28. The van der Waals surface area contributed by atoms with Gasteiger partial charge in [0.05, 0.1) is 0 Å². The average molecular weight is 216 g/mol. The molecular formula is C13H16N2O. The van der Waals surface area contributed by atoms with E-state index in [1.165, 1.54) is 12.8 Å². The molecule has 0 unspecified atom stereocenters. The van der Waals surface area contributed by atoms with Gasteiger partial charge in [-0.3, -0.25) is 0 Å². The predicted octanol–water partition coefficient (Wildman–Crippen LogP) is 3.53. The van der Waals surface area contributed by atoms with Crippen LogP contribution in [0.15, 0.2) is 22.6 Å². The van der Waals surface area contributed by atoms with E-state index in [1.807, 2.05) is 6.07 Å². The quantitative estimate of drug-likeness (QED) is 0.849. The number of nitrogens with zero attached hydrogens (tertiary/aromatic N) is 1. The molecule has 1 N–H and O–H groups in total. The first-order valence-electron chi connectivity index (χ1n) is 6.01. The highest BCUT2D eigenvalue weighted by molar-refractivity contribution is 5.77. The summed E-state index contributed by atoms with van der Waals surface area (Å²) in [5.41, 5.74) is 3.01. The van der Waals surface area contributed by atoms with Gasteiger partial charge in [-0.05, 0) is 37.5 Å². The Balaban J connectivity index is 1.90. The zero-order valence-corrected chi connectivity index (χ0v) is 9.49. The van der Waals surface area contributed by atoms with Gasteiger partial charge in [-0.15, -0.1) is 0 Å². The number of anilines is 1. The second kappa shape index (κ2) is 3.81. The Labute approximate surface area is 94.9 Å². The summed E-state index contributed by atoms with van der Waals surface area (Å²) in [6, 6.07) is 6.13. The second-order valence-corrected chi connectivity index (χ2v) is 4.44. The van der Waals surface area contributed by atoms with Crippen LogP contribution in [0.2, 0.25) is 0 Å². The summed E-state index contributed by atoms with van der Waals surface area (Å²) in [4.78, 5) is 4.54. The first-order chi connectivity index (χ1) is 7.86. The summed E-state index contributed by atoms with van der Waals surface area (Å²) in [5.74, 6) is 1.50. The van der Waals surface area contributed by atoms with E-state index in [4.69, 9.17) is 4.42 Å². The van der Waals surface area contributed by atoms with Crippen LogP contribution in [0.5, 0.6) is 0 Å². The smallest absolute Gasteiger partial charge is 0.198 e. The van der Waals surface area contributed by atoms with E-state index in [1.54, 1.807) is 0 Å². The Morgan fingerprint density at radius 1 is 1.44 bits per heavy atom. The molecule has 1 aliphatic carbocycles. The molecule has 1 saturated carbocycles. The van der Waals surface area contributed by atoms with Crippen LogP contribution in [0.25, 0.3) is 11.1 Å². The average Bonchev–Trinajstić information content (AvgIpc) is 3.06. The van der Waals surface area contributed by atoms with Gasteiger partial charge in [0.15, 0.2) is 11.5 Å². The largest absolute Gasteiger partial charge is 0.440 e. The Kier molecular flexibility index (Phi) is 2.31. The highest BCUT2D eigenvalue weighted by Crippen LogP contribution is 2.40. The molecule has 3 rings (SSSR count). The molecule has 1 heterocycles. The van der Waals surface area contributed by atoms with Crippen molar-refractivity contribution >= 4 is 16.8 Å². The number of aromatic nitrogens is 1. The molecule has 3 nitrogen and oxygen atoms in total. The van der Waals surface area contributed by atoms with E-state index >= 15 is 0 Å². The summed E-state index contributed by atoms with van der Waals surface area (Å²) in [5, 5.41) is 3.36. The van der Waals surface area contributed by atoms with Crippen LogP contribution < -0.4 is 5.32 Å². The lowest BCUT2D eigenvalue weighted by Crippen LogP contribution is -1.98. The summed E-state index contributed by atoms with van der Waals surface area (Å²) in [7, 11) is 0. The van der Waals surface area contributed by atoms with E-state index in [2.05, 4.69) is 29.4 Å². The first-order valence-corrected chi connectivity index (χ1v) is 6.01. The molecule has 1 aromatic carbocycles. The van der Waals surface area contributed by atoms with Gasteiger partial charge in [-0.1, -0.05) is 6.92 Å². The SMILES string of the molecule is CCCNc1ccc2oc(C3CC3)nc2c1. The molecule has 0 saturated heterocycles. The lowest BCUT2D eigenvalue weighted by Gasteiger charge is -2.02. The third-order valence-corrected chi connectivity index (χ3v) is 2.91. The number of nitrogens with one attached hydrogen (secondary N) is 1. The molecule has 0 aliphatic heterocycles. The Hall–Kier alpha value is -1.51. The van der Waals surface area contributed by atoms with E-state index in [-0.39, 0.29) is 0 Å². The number of rotatable bonds is 4. The van der Waals surface area contributed by atoms with Crippen LogP contribution in [0, 0.1) is 0 Å². The fourth-order valence-corrected chi connectivity index (χ4v) is 1.83. The number of benzene rings is 1. The molecule has 0 spiro atoms. The van der Waals surface area contributed by atoms with Gasteiger partial charge in [0, 0.05) is 18.2 Å². The van der Waals surface area contributed by atoms with Crippen molar-refractivity contribution in [2.24, 2.45) is 0 Å². The summed E-state index contributed by atoms with van der Waals surface area (Å²) in [6.07, 6.45) is 3.59. The van der Waals surface area contributed by atoms with Crippen molar-refractivity contribution in [3.63, 3.8) is 0 Å². The van der Waals surface area contributed by atoms with E-state index in [0.29, 0.717) is 5.92 Å². The number of oxazole rings is 1. The van der Waals surface area contributed by atoms with Crippen LogP contribution in [0.4, 0.5) is 5.69 Å². The molecule has 3 heteroatoms. The normalized spacial score (nSPS) is 15.6. The molecule has 84 valence electrons. The maximum absolute atomic E-state index is 5.71. The van der Waals surface area contributed by atoms with E-state index in [0.717, 1.165) is 35.6 Å². The highest BCUT2D eigenvalue weighted by atomic mass is 16.3. The monoisotopic (exact) mass is 216 g/mol. The molecule has 1 aromatic heterocycles. The lowest BCUT2D eigenvalue weighted by atomic mass is 10.3. The lowest BCUT2D eigenvalue weighted by molar-refractivity contribution is 0.533. The zero-order chi connectivity index (χ0) is 11.0. The van der Waals surface area contributed by atoms with E-state index < -0.39 is 0 Å². The van der Waals surface area contributed by atoms with Crippen molar-refractivity contribution in [3.05, 3.63) is 24.1 Å². The Morgan fingerprint density at radius 2 is 2.31 bits per heavy atom. The molecule has 0 bridgehead atoms. The van der Waals surface area contributed by atoms with Gasteiger partial charge in [0.25, 0.3) is 0 Å². The van der Waals surface area contributed by atoms with Crippen molar-refractivity contribution in [2.75, 3.05) is 11.9 Å². The van der Waals surface area contributed by atoms with Gasteiger partial charge in [-0.2, -0.15) is 0 Å². The van der Waals surface area contributed by atoms with Crippen LogP contribution in [-0.4, -0.2) is 11.5 Å². The minimum absolute atomic E-state index is 0.583. The van der Waals surface area contributed by atoms with Crippen molar-refractivity contribution < 1.29 is 4.42 Å². The molecule has 0 radical (unpaired) electrons. The fraction of sp³-hybridized carbons (Fsp3) is 0.462. The van der Waals surface area contributed by atoms with Gasteiger partial charge in [0.2, 0.25) is 0 Å². The maximum Gasteiger partial charge on any atom is 0.198 e. The van der Waals surface area contributed by atoms with Crippen molar-refractivity contribution in [1.82, 2.24) is 4.98 Å². The predicted molar refractivity (Wildman–Crippen MR) is 64.8 cm³/mol. The number of fused-ring (bicyclic) bond motifs is 1. The third kappa shape index (κ3) is 1.77. The summed E-state index contributed by atoms with van der Waals surface area (Å²) < 4.78 is 5.71. The van der Waals surface area contributed by atoms with Crippen molar-refractivity contribution in [3.8, 4) is 0 Å². The Bertz CT molecular complexity index is 500. The van der Waals surface area contributed by atoms with Gasteiger partial charge >= 0.3 is 0 Å². The van der Waals surface area contributed by atoms with Crippen LogP contribution in [0.3, 0.4) is 0 Å². The van der Waals surface area contributed by atoms with Crippen molar-refractivity contribution in [2.45, 2.75) is 32.1 Å². The minimum atomic E-state index is 0.583. The standard InChI is InChI=1S/C13H16N2O/c1-2-7-14-10-5-6-12-11(8-10)15-13(16-12)9-3-4-9/h5-6,8-9,14H,2-4,7H2,1H3. The molecule has 16 heavy (non-hydrogen) atoms. The topological polar surface area (TPSA) is 38.1 Å². The van der Waals surface area contributed by atoms with Crippen molar-refractivity contribution in [1.29, 1.82) is 0 Å².